The predicted molar refractivity (Wildman–Crippen MR) is 157 cm³/mol. The fourth-order valence-electron chi connectivity index (χ4n) is 8.48. The fraction of sp³-hybridized carbons (Fsp3) is 0.853. The number of ether oxygens (including phenoxy) is 7. The average molecular weight is 603 g/mol. The van der Waals surface area contributed by atoms with Crippen molar-refractivity contribution in [3.05, 3.63) is 24.3 Å². The largest absolute Gasteiger partial charge is 0.387 e. The highest BCUT2D eigenvalue weighted by Gasteiger charge is 2.60. The first kappa shape index (κ1) is 30.5. The molecule has 7 heterocycles. The Morgan fingerprint density at radius 1 is 0.767 bits per heavy atom. The summed E-state index contributed by atoms with van der Waals surface area (Å²) in [6.07, 6.45) is 9.12. The molecule has 0 aromatic rings. The van der Waals surface area contributed by atoms with E-state index in [1.807, 2.05) is 0 Å². The van der Waals surface area contributed by atoms with Crippen molar-refractivity contribution in [1.29, 1.82) is 0 Å². The highest BCUT2D eigenvalue weighted by Crippen LogP contribution is 2.45. The molecule has 7 aliphatic rings. The maximum absolute atomic E-state index is 12.6. The molecule has 9 nitrogen and oxygen atoms in total. The van der Waals surface area contributed by atoms with Crippen LogP contribution >= 0.6 is 0 Å². The van der Waals surface area contributed by atoms with Gasteiger partial charge in [-0.15, -0.1) is 0 Å². The quantitative estimate of drug-likeness (QED) is 0.372. The molecule has 0 bridgehead atoms. The number of carbonyl (C=O) groups is 1. The van der Waals surface area contributed by atoms with Crippen LogP contribution in [0, 0.1) is 5.92 Å². The summed E-state index contributed by atoms with van der Waals surface area (Å²) in [5, 5.41) is 11.3. The summed E-state index contributed by atoms with van der Waals surface area (Å²) in [5.74, 6) is 0.552. The van der Waals surface area contributed by atoms with E-state index in [0.29, 0.717) is 38.1 Å². The Balaban J connectivity index is 0.842. The number of carbonyl (C=O) groups excluding carboxylic acids is 1. The van der Waals surface area contributed by atoms with E-state index in [-0.39, 0.29) is 54.6 Å². The summed E-state index contributed by atoms with van der Waals surface area (Å²) in [7, 11) is 0. The van der Waals surface area contributed by atoms with E-state index < -0.39 is 18.3 Å². The van der Waals surface area contributed by atoms with E-state index in [2.05, 4.69) is 13.2 Å². The van der Waals surface area contributed by atoms with Gasteiger partial charge >= 0.3 is 0 Å². The molecule has 0 radical (unpaired) electrons. The summed E-state index contributed by atoms with van der Waals surface area (Å²) in [6, 6.07) is 0. The van der Waals surface area contributed by atoms with Gasteiger partial charge in [-0.25, -0.2) is 0 Å². The topological polar surface area (TPSA) is 102 Å². The zero-order valence-corrected chi connectivity index (χ0v) is 25.4. The summed E-state index contributed by atoms with van der Waals surface area (Å²) in [4.78, 5) is 12.6. The fourth-order valence-corrected chi connectivity index (χ4v) is 8.48. The highest BCUT2D eigenvalue weighted by atomic mass is 16.6. The van der Waals surface area contributed by atoms with Gasteiger partial charge in [0.1, 0.15) is 36.3 Å². The predicted octanol–water partition coefficient (Wildman–Crippen LogP) is 3.98. The zero-order valence-electron chi connectivity index (χ0n) is 25.4. The Morgan fingerprint density at radius 2 is 1.58 bits per heavy atom. The van der Waals surface area contributed by atoms with Gasteiger partial charge in [0, 0.05) is 32.5 Å². The maximum Gasteiger partial charge on any atom is 0.135 e. The van der Waals surface area contributed by atoms with Gasteiger partial charge in [-0.3, -0.25) is 4.79 Å². The molecule has 43 heavy (non-hydrogen) atoms. The van der Waals surface area contributed by atoms with Crippen LogP contribution in [0.1, 0.15) is 83.5 Å². The van der Waals surface area contributed by atoms with Crippen LogP contribution in [0.3, 0.4) is 0 Å². The van der Waals surface area contributed by atoms with E-state index in [1.165, 1.54) is 11.1 Å². The minimum atomic E-state index is -0.787. The zero-order chi connectivity index (χ0) is 29.5. The molecular formula is C34H50O9. The van der Waals surface area contributed by atoms with Crippen molar-refractivity contribution >= 4 is 5.78 Å². The van der Waals surface area contributed by atoms with Crippen LogP contribution < -0.4 is 0 Å². The molecule has 7 aliphatic heterocycles. The minimum absolute atomic E-state index is 0.0837. The van der Waals surface area contributed by atoms with Gasteiger partial charge in [0.05, 0.1) is 49.3 Å². The number of rotatable bonds is 10. The average Bonchev–Trinajstić information content (AvgIpc) is 3.78. The van der Waals surface area contributed by atoms with Gasteiger partial charge in [-0.05, 0) is 75.7 Å². The Morgan fingerprint density at radius 3 is 2.40 bits per heavy atom. The summed E-state index contributed by atoms with van der Waals surface area (Å²) < 4.78 is 43.4. The molecule has 7 rings (SSSR count). The Hall–Kier alpha value is -1.17. The lowest BCUT2D eigenvalue weighted by Crippen LogP contribution is -2.61. The molecule has 0 spiro atoms. The van der Waals surface area contributed by atoms with Gasteiger partial charge in [0.15, 0.2) is 0 Å². The monoisotopic (exact) mass is 602 g/mol. The molecule has 1 N–H and O–H groups in total. The number of hydrogen-bond acceptors (Lipinski definition) is 9. The van der Waals surface area contributed by atoms with Gasteiger partial charge in [0.25, 0.3) is 0 Å². The second-order valence-corrected chi connectivity index (χ2v) is 14.2. The standard InChI is InChI=1S/C34H50O9/c1-19-3-4-23(38-17-19)7-9-27-20(2)13-24(39-27)5-6-26-16-29-32(41-26)34-33(43-29)30(36)31-28(42-34)10-8-25(40-31)15-22(35)14-21-11-12-37-18-21/h21,23-34,36H,1-18H2/t21-,23+,24-,25+,26+,27-,28-,29+,30-,31?,32?,33-,34?/m0/s1. The van der Waals surface area contributed by atoms with Gasteiger partial charge in [-0.2, -0.15) is 0 Å². The molecule has 0 aromatic carbocycles. The molecule has 0 amide bonds. The van der Waals surface area contributed by atoms with Crippen LogP contribution in [0.5, 0.6) is 0 Å². The molecule has 7 saturated heterocycles. The van der Waals surface area contributed by atoms with Crippen molar-refractivity contribution in [2.75, 3.05) is 19.8 Å². The second-order valence-electron chi connectivity index (χ2n) is 14.2. The summed E-state index contributed by atoms with van der Waals surface area (Å²) >= 11 is 0. The molecule has 9 heteroatoms. The summed E-state index contributed by atoms with van der Waals surface area (Å²) in [5.41, 5.74) is 2.39. The third-order valence-corrected chi connectivity index (χ3v) is 10.9. The first-order valence-corrected chi connectivity index (χ1v) is 16.9. The lowest BCUT2D eigenvalue weighted by atomic mass is 9.87. The van der Waals surface area contributed by atoms with Crippen LogP contribution in [0.15, 0.2) is 24.3 Å². The molecule has 0 saturated carbocycles. The number of aliphatic hydroxyl groups is 1. The summed E-state index contributed by atoms with van der Waals surface area (Å²) in [6.45, 7) is 10.5. The van der Waals surface area contributed by atoms with E-state index in [4.69, 9.17) is 33.2 Å². The lowest BCUT2D eigenvalue weighted by molar-refractivity contribution is -0.263. The molecule has 0 aliphatic carbocycles. The number of fused-ring (bicyclic) bond motifs is 4. The minimum Gasteiger partial charge on any atom is -0.387 e. The van der Waals surface area contributed by atoms with Crippen molar-refractivity contribution < 1.29 is 43.1 Å². The van der Waals surface area contributed by atoms with Crippen molar-refractivity contribution in [3.8, 4) is 0 Å². The van der Waals surface area contributed by atoms with Crippen LogP contribution in [0.4, 0.5) is 0 Å². The van der Waals surface area contributed by atoms with Crippen molar-refractivity contribution in [2.45, 2.75) is 157 Å². The number of Topliss-reactive ketones (excluding diaryl/α,β-unsaturated/α-hetero) is 1. The Kier molecular flexibility index (Phi) is 9.42. The number of ketones is 1. The maximum atomic E-state index is 12.6. The molecule has 7 fully saturated rings. The third kappa shape index (κ3) is 6.85. The molecule has 0 aromatic heterocycles. The van der Waals surface area contributed by atoms with Crippen molar-refractivity contribution in [1.82, 2.24) is 0 Å². The Labute approximate surface area is 255 Å². The molecule has 13 atom stereocenters. The molecule has 240 valence electrons. The second kappa shape index (κ2) is 13.3. The first-order chi connectivity index (χ1) is 20.9. The van der Waals surface area contributed by atoms with Gasteiger partial charge in [0.2, 0.25) is 0 Å². The van der Waals surface area contributed by atoms with E-state index in [0.717, 1.165) is 77.2 Å². The highest BCUT2D eigenvalue weighted by molar-refractivity contribution is 5.79. The smallest absolute Gasteiger partial charge is 0.135 e. The molecular weight excluding hydrogens is 552 g/mol. The lowest BCUT2D eigenvalue weighted by Gasteiger charge is -2.46. The SMILES string of the molecule is C=C1CC[C@H](CC[C@@H]2O[C@@H](CC[C@@H]3C[C@H]4O[C@@H]5C(O[C@H]6CC[C@H](CC(=O)C[C@@H]7CCOC7)OC6[C@@H]5O)C4O3)CC2=C)OC1. The van der Waals surface area contributed by atoms with E-state index >= 15 is 0 Å². The normalized spacial score (nSPS) is 46.1. The molecule has 3 unspecified atom stereocenters. The van der Waals surface area contributed by atoms with Gasteiger partial charge < -0.3 is 38.3 Å². The van der Waals surface area contributed by atoms with E-state index in [9.17, 15) is 9.90 Å². The first-order valence-electron chi connectivity index (χ1n) is 16.9. The van der Waals surface area contributed by atoms with Crippen LogP contribution in [-0.4, -0.2) is 104 Å². The van der Waals surface area contributed by atoms with Crippen LogP contribution in [-0.2, 0) is 38.0 Å². The van der Waals surface area contributed by atoms with Crippen molar-refractivity contribution in [3.63, 3.8) is 0 Å². The number of aliphatic hydroxyl groups excluding tert-OH is 1. The number of hydrogen-bond donors (Lipinski definition) is 1. The van der Waals surface area contributed by atoms with Crippen LogP contribution in [0.25, 0.3) is 0 Å². The van der Waals surface area contributed by atoms with Crippen molar-refractivity contribution in [2.24, 2.45) is 5.92 Å². The van der Waals surface area contributed by atoms with Crippen LogP contribution in [0.2, 0.25) is 0 Å². The van der Waals surface area contributed by atoms with E-state index in [1.54, 1.807) is 0 Å². The Bertz CT molecular complexity index is 1020. The third-order valence-electron chi connectivity index (χ3n) is 10.9. The van der Waals surface area contributed by atoms with Gasteiger partial charge in [-0.1, -0.05) is 18.7 Å².